The van der Waals surface area contributed by atoms with Crippen LogP contribution in [0.5, 0.6) is 0 Å². The molecule has 0 aliphatic carbocycles. The Labute approximate surface area is 202 Å². The highest BCUT2D eigenvalue weighted by Gasteiger charge is 2.19. The minimum absolute atomic E-state index is 0.180. The molecule has 0 amide bonds. The predicted molar refractivity (Wildman–Crippen MR) is 138 cm³/mol. The van der Waals surface area contributed by atoms with Crippen molar-refractivity contribution in [2.75, 3.05) is 12.4 Å². The molecule has 1 unspecified atom stereocenters. The van der Waals surface area contributed by atoms with Gasteiger partial charge in [0.15, 0.2) is 5.43 Å². The fourth-order valence-corrected chi connectivity index (χ4v) is 4.09. The maximum absolute atomic E-state index is 13.1. The summed E-state index contributed by atoms with van der Waals surface area (Å²) in [7, 11) is 1.34. The number of esters is 1. The lowest BCUT2D eigenvalue weighted by atomic mass is 9.99. The Morgan fingerprint density at radius 1 is 1.03 bits per heavy atom. The van der Waals surface area contributed by atoms with Crippen molar-refractivity contribution in [3.05, 3.63) is 98.7 Å². The molecule has 35 heavy (non-hydrogen) atoms. The van der Waals surface area contributed by atoms with Crippen LogP contribution in [-0.2, 0) is 4.74 Å². The highest BCUT2D eigenvalue weighted by atomic mass is 16.5. The van der Waals surface area contributed by atoms with Gasteiger partial charge in [-0.2, -0.15) is 0 Å². The maximum Gasteiger partial charge on any atom is 0.339 e. The summed E-state index contributed by atoms with van der Waals surface area (Å²) in [6.45, 7) is 3.85. The van der Waals surface area contributed by atoms with Crippen LogP contribution in [0.1, 0.15) is 45.6 Å². The molecule has 3 N–H and O–H groups in total. The molecule has 0 fully saturated rings. The van der Waals surface area contributed by atoms with Crippen LogP contribution in [0.3, 0.4) is 0 Å². The molecule has 3 aromatic carbocycles. The molecule has 7 heteroatoms. The van der Waals surface area contributed by atoms with E-state index in [1.807, 2.05) is 26.0 Å². The van der Waals surface area contributed by atoms with Gasteiger partial charge in [0.1, 0.15) is 11.3 Å². The summed E-state index contributed by atoms with van der Waals surface area (Å²) in [5, 5.41) is 19.0. The number of hydrogen-bond acceptors (Lipinski definition) is 7. The van der Waals surface area contributed by atoms with Gasteiger partial charge in [0, 0.05) is 46.4 Å². The van der Waals surface area contributed by atoms with E-state index >= 15 is 0 Å². The van der Waals surface area contributed by atoms with Crippen LogP contribution in [0.25, 0.3) is 22.3 Å². The topological polar surface area (TPSA) is 116 Å². The van der Waals surface area contributed by atoms with Gasteiger partial charge in [-0.05, 0) is 43.7 Å². The number of carbonyl (C=O) groups excluding carboxylic acids is 1. The van der Waals surface area contributed by atoms with E-state index in [4.69, 9.17) is 20.0 Å². The van der Waals surface area contributed by atoms with Crippen molar-refractivity contribution in [1.82, 2.24) is 0 Å². The number of nitrogens with one attached hydrogen (secondary N) is 3. The Kier molecular flexibility index (Phi) is 6.59. The molecule has 0 aliphatic rings. The zero-order chi connectivity index (χ0) is 25.1. The van der Waals surface area contributed by atoms with Crippen LogP contribution in [0, 0.1) is 17.7 Å². The molecule has 1 atom stereocenters. The zero-order valence-electron chi connectivity index (χ0n) is 19.6. The Morgan fingerprint density at radius 3 is 2.49 bits per heavy atom. The van der Waals surface area contributed by atoms with Crippen LogP contribution in [-0.4, -0.2) is 25.5 Å². The van der Waals surface area contributed by atoms with Crippen molar-refractivity contribution in [2.24, 2.45) is 0 Å². The monoisotopic (exact) mass is 467 g/mol. The minimum atomic E-state index is -0.446. The molecule has 0 aliphatic heterocycles. The SMILES string of the molecule is COC(=O)c1ccccc1NC(C)c1cc(C)cc2c(=O)cc(-c3ccc(C=N)c(C=N)c3)oc12. The van der Waals surface area contributed by atoms with Crippen molar-refractivity contribution in [3.63, 3.8) is 0 Å². The highest BCUT2D eigenvalue weighted by molar-refractivity contribution is 5.96. The Hall–Kier alpha value is -4.52. The third-order valence-electron chi connectivity index (χ3n) is 5.85. The second-order valence-corrected chi connectivity index (χ2v) is 8.24. The van der Waals surface area contributed by atoms with Gasteiger partial charge in [0.25, 0.3) is 0 Å². The number of para-hydroxylation sites is 1. The average molecular weight is 468 g/mol. The van der Waals surface area contributed by atoms with Crippen molar-refractivity contribution < 1.29 is 13.9 Å². The summed E-state index contributed by atoms with van der Waals surface area (Å²) < 4.78 is 11.2. The third kappa shape index (κ3) is 4.61. The van der Waals surface area contributed by atoms with Gasteiger partial charge in [-0.1, -0.05) is 30.3 Å². The van der Waals surface area contributed by atoms with E-state index in [0.29, 0.717) is 44.7 Å². The number of hydrogen-bond donors (Lipinski definition) is 3. The molecule has 0 bridgehead atoms. The number of rotatable bonds is 7. The van der Waals surface area contributed by atoms with Crippen molar-refractivity contribution in [2.45, 2.75) is 19.9 Å². The van der Waals surface area contributed by atoms with Crippen molar-refractivity contribution >= 4 is 35.1 Å². The van der Waals surface area contributed by atoms with Gasteiger partial charge in [-0.15, -0.1) is 0 Å². The predicted octanol–water partition coefficient (Wildman–Crippen LogP) is 5.72. The van der Waals surface area contributed by atoms with E-state index in [1.54, 1.807) is 42.5 Å². The van der Waals surface area contributed by atoms with Crippen molar-refractivity contribution in [3.8, 4) is 11.3 Å². The fraction of sp³-hybridized carbons (Fsp3) is 0.143. The van der Waals surface area contributed by atoms with Crippen LogP contribution in [0.2, 0.25) is 0 Å². The fourth-order valence-electron chi connectivity index (χ4n) is 4.09. The third-order valence-corrected chi connectivity index (χ3v) is 5.85. The molecule has 4 rings (SSSR count). The van der Waals surface area contributed by atoms with Crippen LogP contribution >= 0.6 is 0 Å². The molecular formula is C28H25N3O4. The van der Waals surface area contributed by atoms with E-state index in [0.717, 1.165) is 11.1 Å². The lowest BCUT2D eigenvalue weighted by molar-refractivity contribution is 0.0602. The highest BCUT2D eigenvalue weighted by Crippen LogP contribution is 2.31. The second kappa shape index (κ2) is 9.77. The number of anilines is 1. The van der Waals surface area contributed by atoms with Crippen LogP contribution in [0.4, 0.5) is 5.69 Å². The minimum Gasteiger partial charge on any atom is -0.465 e. The largest absolute Gasteiger partial charge is 0.465 e. The summed E-state index contributed by atoms with van der Waals surface area (Å²) >= 11 is 0. The number of carbonyl (C=O) groups is 1. The molecular weight excluding hydrogens is 442 g/mol. The molecule has 4 aromatic rings. The molecule has 7 nitrogen and oxygen atoms in total. The van der Waals surface area contributed by atoms with E-state index < -0.39 is 5.97 Å². The van der Waals surface area contributed by atoms with E-state index in [1.165, 1.54) is 25.6 Å². The maximum atomic E-state index is 13.1. The smallest absolute Gasteiger partial charge is 0.339 e. The number of benzene rings is 3. The number of aryl methyl sites for hydroxylation is 1. The molecule has 0 radical (unpaired) electrons. The van der Waals surface area contributed by atoms with E-state index in [2.05, 4.69) is 5.32 Å². The van der Waals surface area contributed by atoms with Gasteiger partial charge < -0.3 is 25.3 Å². The van der Waals surface area contributed by atoms with E-state index in [-0.39, 0.29) is 11.5 Å². The number of ether oxygens (including phenoxy) is 1. The van der Waals surface area contributed by atoms with Gasteiger partial charge >= 0.3 is 5.97 Å². The summed E-state index contributed by atoms with van der Waals surface area (Å²) in [6, 6.07) is 17.2. The van der Waals surface area contributed by atoms with Crippen LogP contribution in [0.15, 0.2) is 69.9 Å². The molecule has 1 heterocycles. The summed E-state index contributed by atoms with van der Waals surface area (Å²) in [5.41, 5.74) is 4.75. The van der Waals surface area contributed by atoms with Crippen LogP contribution < -0.4 is 10.7 Å². The molecule has 0 spiro atoms. The van der Waals surface area contributed by atoms with Gasteiger partial charge in [0.05, 0.1) is 24.1 Å². The summed E-state index contributed by atoms with van der Waals surface area (Å²) in [4.78, 5) is 25.3. The first-order valence-corrected chi connectivity index (χ1v) is 11.0. The lowest BCUT2D eigenvalue weighted by Gasteiger charge is -2.19. The first kappa shape index (κ1) is 23.6. The number of fused-ring (bicyclic) bond motifs is 1. The summed E-state index contributed by atoms with van der Waals surface area (Å²) in [5.74, 6) is -0.0759. The first-order valence-electron chi connectivity index (χ1n) is 11.0. The Morgan fingerprint density at radius 2 is 1.77 bits per heavy atom. The lowest BCUT2D eigenvalue weighted by Crippen LogP contribution is -2.13. The standard InChI is InChI=1S/C28H25N3O4/c1-16-10-22(17(2)31-24-7-5-4-6-21(24)28(33)34-3)27-23(11-16)25(32)13-26(35-27)18-8-9-19(14-29)20(12-18)15-30/h4-15,17,29-31H,1-3H3. The Balaban J connectivity index is 1.84. The number of methoxy groups -OCH3 is 1. The van der Waals surface area contributed by atoms with Gasteiger partial charge in [-0.3, -0.25) is 4.79 Å². The quantitative estimate of drug-likeness (QED) is 0.237. The molecule has 0 saturated carbocycles. The summed E-state index contributed by atoms with van der Waals surface area (Å²) in [6.07, 6.45) is 2.35. The normalized spacial score (nSPS) is 11.6. The molecule has 1 aromatic heterocycles. The van der Waals surface area contributed by atoms with Gasteiger partial charge in [0.2, 0.25) is 0 Å². The first-order chi connectivity index (χ1) is 16.9. The van der Waals surface area contributed by atoms with Crippen molar-refractivity contribution in [1.29, 1.82) is 10.8 Å². The zero-order valence-corrected chi connectivity index (χ0v) is 19.6. The molecule has 176 valence electrons. The Bertz CT molecular complexity index is 1520. The second-order valence-electron chi connectivity index (χ2n) is 8.24. The average Bonchev–Trinajstić information content (AvgIpc) is 2.87. The molecule has 0 saturated heterocycles. The van der Waals surface area contributed by atoms with Gasteiger partial charge in [-0.25, -0.2) is 4.79 Å². The van der Waals surface area contributed by atoms with E-state index in [9.17, 15) is 9.59 Å².